The summed E-state index contributed by atoms with van der Waals surface area (Å²) in [4.78, 5) is 11.0. The molecule has 0 rings (SSSR count). The third-order valence-corrected chi connectivity index (χ3v) is 1.53. The topological polar surface area (TPSA) is 64.3 Å². The normalized spacial score (nSPS) is 10.0. The number of rotatable bonds is 8. The van der Waals surface area contributed by atoms with Gasteiger partial charge in [0.1, 0.15) is 0 Å². The van der Waals surface area contributed by atoms with Gasteiger partial charge in [-0.1, -0.05) is 6.92 Å². The van der Waals surface area contributed by atoms with Crippen LogP contribution in [0, 0.1) is 0 Å². The van der Waals surface area contributed by atoms with Crippen molar-refractivity contribution in [1.82, 2.24) is 5.32 Å². The predicted molar refractivity (Wildman–Crippen MR) is 52.4 cm³/mol. The summed E-state index contributed by atoms with van der Waals surface area (Å²) >= 11 is 0. The number of nitrogens with one attached hydrogen (secondary N) is 1. The van der Waals surface area contributed by atoms with Gasteiger partial charge in [-0.15, -0.1) is 0 Å². The Morgan fingerprint density at radius 3 is 2.85 bits per heavy atom. The number of nitrogens with two attached hydrogens (primary N) is 1. The van der Waals surface area contributed by atoms with Crippen LogP contribution in [0.15, 0.2) is 0 Å². The molecule has 0 aliphatic rings. The predicted octanol–water partition coefficient (Wildman–Crippen LogP) is 0.268. The van der Waals surface area contributed by atoms with Gasteiger partial charge in [-0.25, -0.2) is 0 Å². The molecule has 0 radical (unpaired) electrons. The molecule has 4 nitrogen and oxygen atoms in total. The monoisotopic (exact) mass is 188 g/mol. The highest BCUT2D eigenvalue weighted by Gasteiger charge is 1.96. The summed E-state index contributed by atoms with van der Waals surface area (Å²) in [5.41, 5.74) is 5.24. The molecule has 0 atom stereocenters. The minimum atomic E-state index is 0.126. The number of ether oxygens (including phenoxy) is 1. The van der Waals surface area contributed by atoms with Gasteiger partial charge >= 0.3 is 0 Å². The maximum absolute atomic E-state index is 11.0. The molecule has 0 spiro atoms. The fourth-order valence-electron chi connectivity index (χ4n) is 0.903. The Morgan fingerprint density at radius 2 is 2.23 bits per heavy atom. The second kappa shape index (κ2) is 9.48. The Bertz CT molecular complexity index is 129. The summed E-state index contributed by atoms with van der Waals surface area (Å²) < 4.78 is 5.15. The van der Waals surface area contributed by atoms with Crippen LogP contribution in [0.4, 0.5) is 0 Å². The lowest BCUT2D eigenvalue weighted by atomic mass is 10.3. The van der Waals surface area contributed by atoms with Gasteiger partial charge in [0.05, 0.1) is 6.61 Å². The van der Waals surface area contributed by atoms with Crippen molar-refractivity contribution in [2.45, 2.75) is 26.2 Å². The van der Waals surface area contributed by atoms with Crippen molar-refractivity contribution < 1.29 is 9.53 Å². The largest absolute Gasteiger partial charge is 0.380 e. The molecule has 0 aromatic carbocycles. The Labute approximate surface area is 79.8 Å². The second-order valence-electron chi connectivity index (χ2n) is 2.85. The van der Waals surface area contributed by atoms with Gasteiger partial charge in [0.2, 0.25) is 5.91 Å². The Morgan fingerprint density at radius 1 is 1.46 bits per heavy atom. The molecule has 4 heteroatoms. The van der Waals surface area contributed by atoms with Crippen LogP contribution in [0.5, 0.6) is 0 Å². The number of carbonyl (C=O) groups is 1. The molecule has 0 heterocycles. The lowest BCUT2D eigenvalue weighted by Crippen LogP contribution is -2.24. The Kier molecular flexibility index (Phi) is 9.03. The van der Waals surface area contributed by atoms with Crippen LogP contribution in [-0.4, -0.2) is 32.2 Å². The summed E-state index contributed by atoms with van der Waals surface area (Å²) in [6.07, 6.45) is 2.37. The van der Waals surface area contributed by atoms with Crippen LogP contribution >= 0.6 is 0 Å². The van der Waals surface area contributed by atoms with E-state index in [-0.39, 0.29) is 5.91 Å². The Hall–Kier alpha value is -0.610. The summed E-state index contributed by atoms with van der Waals surface area (Å²) in [6, 6.07) is 0. The minimum Gasteiger partial charge on any atom is -0.380 e. The van der Waals surface area contributed by atoms with Crippen molar-refractivity contribution >= 4 is 5.91 Å². The molecule has 0 unspecified atom stereocenters. The van der Waals surface area contributed by atoms with E-state index in [1.165, 1.54) is 0 Å². The minimum absolute atomic E-state index is 0.126. The maximum atomic E-state index is 11.0. The number of carbonyl (C=O) groups excluding carboxylic acids is 1. The van der Waals surface area contributed by atoms with Gasteiger partial charge in [-0.2, -0.15) is 0 Å². The van der Waals surface area contributed by atoms with Crippen LogP contribution < -0.4 is 11.1 Å². The summed E-state index contributed by atoms with van der Waals surface area (Å²) in [7, 11) is 0. The number of amides is 1. The number of hydrogen-bond donors (Lipinski definition) is 2. The number of hydrogen-bond acceptors (Lipinski definition) is 3. The van der Waals surface area contributed by atoms with Gasteiger partial charge in [0, 0.05) is 26.1 Å². The molecule has 0 saturated heterocycles. The van der Waals surface area contributed by atoms with Crippen molar-refractivity contribution in [2.75, 3.05) is 26.3 Å². The van der Waals surface area contributed by atoms with E-state index in [0.717, 1.165) is 12.8 Å². The molecule has 3 N–H and O–H groups in total. The van der Waals surface area contributed by atoms with Gasteiger partial charge < -0.3 is 15.8 Å². The molecule has 0 saturated carbocycles. The molecule has 78 valence electrons. The van der Waals surface area contributed by atoms with Gasteiger partial charge in [0.25, 0.3) is 0 Å². The van der Waals surface area contributed by atoms with E-state index >= 15 is 0 Å². The van der Waals surface area contributed by atoms with E-state index in [4.69, 9.17) is 10.5 Å². The zero-order chi connectivity index (χ0) is 9.94. The highest BCUT2D eigenvalue weighted by Crippen LogP contribution is 1.86. The molecule has 0 aliphatic heterocycles. The molecule has 0 aromatic rings. The van der Waals surface area contributed by atoms with E-state index in [2.05, 4.69) is 5.32 Å². The molecule has 1 amide bonds. The van der Waals surface area contributed by atoms with Crippen LogP contribution in [0.2, 0.25) is 0 Å². The quantitative estimate of drug-likeness (QED) is 0.537. The smallest absolute Gasteiger partial charge is 0.219 e. The third kappa shape index (κ3) is 9.30. The zero-order valence-corrected chi connectivity index (χ0v) is 8.34. The lowest BCUT2D eigenvalue weighted by molar-refractivity contribution is -0.121. The zero-order valence-electron chi connectivity index (χ0n) is 8.34. The summed E-state index contributed by atoms with van der Waals surface area (Å²) in [6.45, 7) is 4.52. The van der Waals surface area contributed by atoms with Gasteiger partial charge in [-0.3, -0.25) is 4.79 Å². The van der Waals surface area contributed by atoms with Crippen LogP contribution in [0.3, 0.4) is 0 Å². The van der Waals surface area contributed by atoms with E-state index in [9.17, 15) is 4.79 Å². The molecule has 0 bridgehead atoms. The second-order valence-corrected chi connectivity index (χ2v) is 2.85. The fourth-order valence-corrected chi connectivity index (χ4v) is 0.903. The molecular weight excluding hydrogens is 168 g/mol. The van der Waals surface area contributed by atoms with Gasteiger partial charge in [0.15, 0.2) is 0 Å². The fraction of sp³-hybridized carbons (Fsp3) is 0.889. The van der Waals surface area contributed by atoms with E-state index in [0.29, 0.717) is 32.7 Å². The first-order valence-electron chi connectivity index (χ1n) is 4.85. The van der Waals surface area contributed by atoms with Crippen molar-refractivity contribution in [1.29, 1.82) is 0 Å². The standard InChI is InChI=1S/C9H20N2O2/c1-2-4-9(12)11-6-3-7-13-8-5-10/h2-8,10H2,1H3,(H,11,12). The first kappa shape index (κ1) is 12.4. The van der Waals surface area contributed by atoms with E-state index in [1.54, 1.807) is 0 Å². The molecule has 0 aromatic heterocycles. The first-order valence-corrected chi connectivity index (χ1v) is 4.85. The van der Waals surface area contributed by atoms with Crippen LogP contribution in [0.25, 0.3) is 0 Å². The molecule has 13 heavy (non-hydrogen) atoms. The lowest BCUT2D eigenvalue weighted by Gasteiger charge is -2.04. The van der Waals surface area contributed by atoms with Crippen LogP contribution in [0.1, 0.15) is 26.2 Å². The highest BCUT2D eigenvalue weighted by molar-refractivity contribution is 5.75. The molecular formula is C9H20N2O2. The van der Waals surface area contributed by atoms with Crippen molar-refractivity contribution in [2.24, 2.45) is 5.73 Å². The van der Waals surface area contributed by atoms with Crippen LogP contribution in [-0.2, 0) is 9.53 Å². The maximum Gasteiger partial charge on any atom is 0.219 e. The average molecular weight is 188 g/mol. The van der Waals surface area contributed by atoms with Crippen molar-refractivity contribution in [3.05, 3.63) is 0 Å². The summed E-state index contributed by atoms with van der Waals surface area (Å²) in [5, 5.41) is 2.81. The van der Waals surface area contributed by atoms with Gasteiger partial charge in [-0.05, 0) is 12.8 Å². The van der Waals surface area contributed by atoms with Crippen molar-refractivity contribution in [3.63, 3.8) is 0 Å². The highest BCUT2D eigenvalue weighted by atomic mass is 16.5. The first-order chi connectivity index (χ1) is 6.31. The van der Waals surface area contributed by atoms with Crippen molar-refractivity contribution in [3.8, 4) is 0 Å². The molecule has 0 aliphatic carbocycles. The van der Waals surface area contributed by atoms with E-state index in [1.807, 2.05) is 6.92 Å². The average Bonchev–Trinajstić information content (AvgIpc) is 2.11. The Balaban J connectivity index is 3.02. The third-order valence-electron chi connectivity index (χ3n) is 1.53. The molecule has 0 fully saturated rings. The van der Waals surface area contributed by atoms with E-state index < -0.39 is 0 Å². The summed E-state index contributed by atoms with van der Waals surface area (Å²) in [5.74, 6) is 0.126. The SMILES string of the molecule is CCCC(=O)NCCCOCCN.